The zero-order valence-electron chi connectivity index (χ0n) is 7.70. The molecule has 0 aromatic rings. The predicted octanol–water partition coefficient (Wildman–Crippen LogP) is -1.30. The molecule has 0 aromatic heterocycles. The van der Waals surface area contributed by atoms with Gasteiger partial charge in [0.2, 0.25) is 0 Å². The van der Waals surface area contributed by atoms with Gasteiger partial charge in [-0.05, 0) is 6.92 Å². The fourth-order valence-corrected chi connectivity index (χ4v) is 0. The molecule has 9 nitrogen and oxygen atoms in total. The number of hydrogen-bond acceptors (Lipinski definition) is 3. The van der Waals surface area contributed by atoms with E-state index in [1.54, 1.807) is 6.92 Å². The molecule has 0 saturated carbocycles. The van der Waals surface area contributed by atoms with E-state index in [4.69, 9.17) is 43.6 Å². The minimum atomic E-state index is -4.64. The van der Waals surface area contributed by atoms with Gasteiger partial charge in [0.1, 0.15) is 0 Å². The molecule has 15 heavy (non-hydrogen) atoms. The molecule has 0 aliphatic rings. The smallest absolute Gasteiger partial charge is 0.389 e. The molecule has 1 atom stereocenters. The van der Waals surface area contributed by atoms with Gasteiger partial charge in [-0.2, -0.15) is 0 Å². The molecule has 0 radical (unpaired) electrons. The molecular weight excluding hydrogens is 254 g/mol. The van der Waals surface area contributed by atoms with Crippen molar-refractivity contribution < 1.29 is 43.6 Å². The molecule has 7 N–H and O–H groups in total. The number of aliphatic hydroxyl groups excluding tert-OH is 1. The lowest BCUT2D eigenvalue weighted by Gasteiger charge is -1.84. The average molecular weight is 268 g/mol. The minimum Gasteiger partial charge on any atom is -0.389 e. The molecule has 0 aromatic carbocycles. The van der Waals surface area contributed by atoms with E-state index in [9.17, 15) is 0 Å². The lowest BCUT2D eigenvalue weighted by Crippen LogP contribution is -1.88. The zero-order chi connectivity index (χ0) is 13.3. The Labute approximate surface area is 85.8 Å². The first-order valence-electron chi connectivity index (χ1n) is 3.14. The lowest BCUT2D eigenvalue weighted by atomic mass is 10.4. The highest BCUT2D eigenvalue weighted by Crippen LogP contribution is 2.26. The van der Waals surface area contributed by atoms with E-state index in [1.165, 1.54) is 6.08 Å². The second kappa shape index (κ2) is 9.17. The molecule has 0 aliphatic carbocycles. The summed E-state index contributed by atoms with van der Waals surface area (Å²) in [6.07, 6.45) is 1.12. The van der Waals surface area contributed by atoms with E-state index in [0.29, 0.717) is 0 Å². The average Bonchev–Trinajstić information content (AvgIpc) is 1.79. The van der Waals surface area contributed by atoms with Gasteiger partial charge in [-0.3, -0.25) is 0 Å². The molecule has 0 fully saturated rings. The summed E-state index contributed by atoms with van der Waals surface area (Å²) >= 11 is 0. The number of aliphatic hydroxyl groups is 1. The van der Waals surface area contributed by atoms with Gasteiger partial charge in [-0.25, -0.2) is 9.13 Å². The van der Waals surface area contributed by atoms with Crippen LogP contribution in [0, 0.1) is 0 Å². The Morgan fingerprint density at radius 1 is 1.00 bits per heavy atom. The van der Waals surface area contributed by atoms with Crippen molar-refractivity contribution >= 4 is 15.6 Å². The van der Waals surface area contributed by atoms with Crippen molar-refractivity contribution in [2.75, 3.05) is 0 Å². The van der Waals surface area contributed by atoms with Crippen LogP contribution in [0.3, 0.4) is 0 Å². The van der Waals surface area contributed by atoms with Crippen LogP contribution in [0.1, 0.15) is 6.92 Å². The number of phosphoric acid groups is 2. The Hall–Kier alpha value is -0.0800. The Morgan fingerprint density at radius 2 is 1.07 bits per heavy atom. The highest BCUT2D eigenvalue weighted by molar-refractivity contribution is 7.45. The Balaban J connectivity index is -0.000000144. The van der Waals surface area contributed by atoms with E-state index in [-0.39, 0.29) is 6.10 Å². The zero-order valence-corrected chi connectivity index (χ0v) is 9.49. The maximum absolute atomic E-state index is 8.88. The van der Waals surface area contributed by atoms with E-state index >= 15 is 0 Å². The summed E-state index contributed by atoms with van der Waals surface area (Å²) in [5.41, 5.74) is 0. The van der Waals surface area contributed by atoms with Crippen LogP contribution in [-0.2, 0) is 9.13 Å². The highest BCUT2D eigenvalue weighted by atomic mass is 31.2. The summed E-state index contributed by atoms with van der Waals surface area (Å²) in [5, 5.41) is 8.24. The van der Waals surface area contributed by atoms with Gasteiger partial charge in [0.05, 0.1) is 6.10 Å². The fraction of sp³-hybridized carbons (Fsp3) is 0.500. The third-order valence-corrected chi connectivity index (χ3v) is 0.341. The summed E-state index contributed by atoms with van der Waals surface area (Å²) in [6.45, 7) is 4.97. The van der Waals surface area contributed by atoms with Gasteiger partial charge in [0, 0.05) is 0 Å². The Morgan fingerprint density at radius 3 is 1.07 bits per heavy atom. The second-order valence-electron chi connectivity index (χ2n) is 2.00. The van der Waals surface area contributed by atoms with Crippen LogP contribution in [0.5, 0.6) is 0 Å². The SMILES string of the molecule is C=CC(C)O.O=P(O)(O)O.O=P(O)(O)O. The molecule has 0 aliphatic heterocycles. The molecule has 0 saturated heterocycles. The predicted molar refractivity (Wildman–Crippen MR) is 50.4 cm³/mol. The molecule has 11 heteroatoms. The summed E-state index contributed by atoms with van der Waals surface area (Å²) in [6, 6.07) is 0. The van der Waals surface area contributed by atoms with Crippen molar-refractivity contribution in [1.82, 2.24) is 0 Å². The minimum absolute atomic E-state index is 0.352. The normalized spacial score (nSPS) is 12.5. The van der Waals surface area contributed by atoms with Crippen molar-refractivity contribution in [1.29, 1.82) is 0 Å². The largest absolute Gasteiger partial charge is 0.466 e. The van der Waals surface area contributed by atoms with Crippen LogP contribution in [0.25, 0.3) is 0 Å². The summed E-state index contributed by atoms with van der Waals surface area (Å²) in [5.74, 6) is 0. The van der Waals surface area contributed by atoms with E-state index in [0.717, 1.165) is 0 Å². The van der Waals surface area contributed by atoms with Gasteiger partial charge in [0.15, 0.2) is 0 Å². The molecule has 0 bridgehead atoms. The first-order valence-corrected chi connectivity index (χ1v) is 6.27. The van der Waals surface area contributed by atoms with Gasteiger partial charge < -0.3 is 34.5 Å². The molecule has 0 heterocycles. The van der Waals surface area contributed by atoms with Crippen LogP contribution < -0.4 is 0 Å². The van der Waals surface area contributed by atoms with Gasteiger partial charge in [0.25, 0.3) is 0 Å². The maximum Gasteiger partial charge on any atom is 0.466 e. The topological polar surface area (TPSA) is 176 Å². The summed E-state index contributed by atoms with van der Waals surface area (Å²) in [7, 11) is -9.28. The first kappa shape index (κ1) is 20.3. The van der Waals surface area contributed by atoms with E-state index < -0.39 is 15.6 Å². The molecule has 1 unspecified atom stereocenters. The fourth-order valence-electron chi connectivity index (χ4n) is 0. The van der Waals surface area contributed by atoms with E-state index in [1.807, 2.05) is 0 Å². The molecule has 0 rings (SSSR count). The number of hydrogen-bond donors (Lipinski definition) is 7. The van der Waals surface area contributed by atoms with Crippen molar-refractivity contribution in [3.8, 4) is 0 Å². The van der Waals surface area contributed by atoms with E-state index in [2.05, 4.69) is 6.58 Å². The third kappa shape index (κ3) is 537. The van der Waals surface area contributed by atoms with Gasteiger partial charge >= 0.3 is 15.6 Å². The number of rotatable bonds is 1. The molecule has 0 amide bonds. The highest BCUT2D eigenvalue weighted by Gasteiger charge is 2.00. The van der Waals surface area contributed by atoms with Crippen LogP contribution in [-0.4, -0.2) is 40.6 Å². The monoisotopic (exact) mass is 268 g/mol. The molecular formula is C4H14O9P2. The molecule has 0 spiro atoms. The van der Waals surface area contributed by atoms with Crippen LogP contribution in [0.2, 0.25) is 0 Å². The van der Waals surface area contributed by atoms with Crippen LogP contribution >= 0.6 is 15.6 Å². The first-order chi connectivity index (χ1) is 6.27. The second-order valence-corrected chi connectivity index (χ2v) is 4.06. The van der Waals surface area contributed by atoms with Gasteiger partial charge in [-0.1, -0.05) is 6.08 Å². The van der Waals surface area contributed by atoms with Gasteiger partial charge in [-0.15, -0.1) is 6.58 Å². The maximum atomic E-state index is 8.88. The Bertz CT molecular complexity index is 200. The van der Waals surface area contributed by atoms with Crippen molar-refractivity contribution in [2.24, 2.45) is 0 Å². The summed E-state index contributed by atoms with van der Waals surface area (Å²) in [4.78, 5) is 43.1. The van der Waals surface area contributed by atoms with Crippen LogP contribution in [0.15, 0.2) is 12.7 Å². The lowest BCUT2D eigenvalue weighted by molar-refractivity contribution is 0.244. The standard InChI is InChI=1S/C4H8O.2H3O4P/c1-3-4(2)5;2*1-5(2,3)4/h3-5H,1H2,2H3;2*(H3,1,2,3,4). The Kier molecular flexibility index (Phi) is 12.4. The summed E-state index contributed by atoms with van der Waals surface area (Å²) < 4.78 is 17.8. The van der Waals surface area contributed by atoms with Crippen molar-refractivity contribution in [3.63, 3.8) is 0 Å². The van der Waals surface area contributed by atoms with Crippen molar-refractivity contribution in [3.05, 3.63) is 12.7 Å². The third-order valence-electron chi connectivity index (χ3n) is 0.341. The van der Waals surface area contributed by atoms with Crippen molar-refractivity contribution in [2.45, 2.75) is 13.0 Å². The quantitative estimate of drug-likeness (QED) is 0.225. The molecule has 94 valence electrons. The van der Waals surface area contributed by atoms with Crippen LogP contribution in [0.4, 0.5) is 0 Å².